The van der Waals surface area contributed by atoms with Gasteiger partial charge in [0.25, 0.3) is 0 Å². The summed E-state index contributed by atoms with van der Waals surface area (Å²) >= 11 is 0. The summed E-state index contributed by atoms with van der Waals surface area (Å²) in [7, 11) is 0. The van der Waals surface area contributed by atoms with Crippen LogP contribution in [0.3, 0.4) is 0 Å². The van der Waals surface area contributed by atoms with Crippen LogP contribution in [0.4, 0.5) is 0 Å². The van der Waals surface area contributed by atoms with Crippen LogP contribution in [0.5, 0.6) is 0 Å². The Labute approximate surface area is 101 Å². The Morgan fingerprint density at radius 1 is 1.12 bits per heavy atom. The first kappa shape index (κ1) is 14.0. The summed E-state index contributed by atoms with van der Waals surface area (Å²) in [6.45, 7) is 7.50. The lowest BCUT2D eigenvalue weighted by atomic mass is 9.90. The lowest BCUT2D eigenvalue weighted by Gasteiger charge is -2.32. The molecule has 0 aromatic rings. The molecule has 1 aliphatic heterocycles. The molecule has 0 spiro atoms. The molecule has 1 fully saturated rings. The van der Waals surface area contributed by atoms with E-state index in [9.17, 15) is 0 Å². The van der Waals surface area contributed by atoms with Crippen LogP contribution in [-0.4, -0.2) is 25.8 Å². The summed E-state index contributed by atoms with van der Waals surface area (Å²) in [5.74, 6) is 0.760. The van der Waals surface area contributed by atoms with Crippen molar-refractivity contribution in [3.8, 4) is 0 Å². The lowest BCUT2D eigenvalue weighted by molar-refractivity contribution is 0.0282. The molecule has 1 heterocycles. The monoisotopic (exact) mass is 227 g/mol. The summed E-state index contributed by atoms with van der Waals surface area (Å²) in [5, 5.41) is 3.61. The van der Waals surface area contributed by atoms with Crippen LogP contribution in [0.25, 0.3) is 0 Å². The number of nitrogens with one attached hydrogen (secondary N) is 1. The summed E-state index contributed by atoms with van der Waals surface area (Å²) in [4.78, 5) is 0. The summed E-state index contributed by atoms with van der Waals surface area (Å²) < 4.78 is 5.60. The Hall–Kier alpha value is -0.0800. The van der Waals surface area contributed by atoms with Crippen LogP contribution < -0.4 is 5.32 Å². The van der Waals surface area contributed by atoms with Crippen LogP contribution >= 0.6 is 0 Å². The average Bonchev–Trinajstić information content (AvgIpc) is 2.31. The fourth-order valence-corrected chi connectivity index (χ4v) is 2.62. The van der Waals surface area contributed by atoms with E-state index in [-0.39, 0.29) is 0 Å². The molecule has 2 heteroatoms. The fourth-order valence-electron chi connectivity index (χ4n) is 2.62. The third kappa shape index (κ3) is 5.31. The topological polar surface area (TPSA) is 21.3 Å². The molecule has 1 saturated heterocycles. The Morgan fingerprint density at radius 2 is 1.94 bits per heavy atom. The van der Waals surface area contributed by atoms with E-state index in [4.69, 9.17) is 4.74 Å². The molecular formula is C14H29NO. The van der Waals surface area contributed by atoms with Gasteiger partial charge in [-0.15, -0.1) is 0 Å². The van der Waals surface area contributed by atoms with Crippen molar-refractivity contribution in [3.63, 3.8) is 0 Å². The van der Waals surface area contributed by atoms with Gasteiger partial charge in [0.2, 0.25) is 0 Å². The van der Waals surface area contributed by atoms with Crippen molar-refractivity contribution in [1.82, 2.24) is 5.32 Å². The maximum atomic E-state index is 5.60. The predicted octanol–water partition coefficient (Wildman–Crippen LogP) is 3.36. The number of ether oxygens (including phenoxy) is 1. The molecule has 0 aliphatic carbocycles. The van der Waals surface area contributed by atoms with Crippen molar-refractivity contribution < 1.29 is 4.74 Å². The van der Waals surface area contributed by atoms with E-state index >= 15 is 0 Å². The summed E-state index contributed by atoms with van der Waals surface area (Å²) in [5.41, 5.74) is 0. The van der Waals surface area contributed by atoms with Gasteiger partial charge in [0.05, 0.1) is 6.61 Å². The van der Waals surface area contributed by atoms with Gasteiger partial charge in [-0.2, -0.15) is 0 Å². The Kier molecular flexibility index (Phi) is 7.87. The van der Waals surface area contributed by atoms with E-state index in [1.807, 2.05) is 0 Å². The Bertz CT molecular complexity index is 159. The summed E-state index contributed by atoms with van der Waals surface area (Å²) in [6.07, 6.45) is 9.49. The minimum Gasteiger partial charge on any atom is -0.381 e. The van der Waals surface area contributed by atoms with Gasteiger partial charge < -0.3 is 10.1 Å². The second-order valence-corrected chi connectivity index (χ2v) is 4.99. The second kappa shape index (κ2) is 9.00. The number of hydrogen-bond acceptors (Lipinski definition) is 2. The fraction of sp³-hybridized carbons (Fsp3) is 1.00. The molecule has 0 radical (unpaired) electrons. The van der Waals surface area contributed by atoms with Crippen molar-refractivity contribution in [3.05, 3.63) is 0 Å². The molecule has 1 aliphatic rings. The van der Waals surface area contributed by atoms with E-state index in [2.05, 4.69) is 19.2 Å². The van der Waals surface area contributed by atoms with Gasteiger partial charge in [0.15, 0.2) is 0 Å². The van der Waals surface area contributed by atoms with Crippen LogP contribution in [0, 0.1) is 5.92 Å². The first-order chi connectivity index (χ1) is 7.88. The first-order valence-electron chi connectivity index (χ1n) is 7.19. The van der Waals surface area contributed by atoms with Gasteiger partial charge in [0.1, 0.15) is 0 Å². The highest BCUT2D eigenvalue weighted by Gasteiger charge is 2.24. The normalized spacial score (nSPS) is 25.9. The highest BCUT2D eigenvalue weighted by atomic mass is 16.5. The third-order valence-electron chi connectivity index (χ3n) is 3.62. The van der Waals surface area contributed by atoms with Crippen LogP contribution in [-0.2, 0) is 4.74 Å². The molecule has 2 atom stereocenters. The van der Waals surface area contributed by atoms with Gasteiger partial charge in [-0.25, -0.2) is 0 Å². The van der Waals surface area contributed by atoms with Gasteiger partial charge in [0, 0.05) is 12.6 Å². The first-order valence-corrected chi connectivity index (χ1v) is 7.19. The van der Waals surface area contributed by atoms with E-state index in [1.165, 1.54) is 44.9 Å². The minimum atomic E-state index is 0.713. The highest BCUT2D eigenvalue weighted by molar-refractivity contribution is 4.79. The highest BCUT2D eigenvalue weighted by Crippen LogP contribution is 2.21. The predicted molar refractivity (Wildman–Crippen MR) is 69.8 cm³/mol. The third-order valence-corrected chi connectivity index (χ3v) is 3.62. The van der Waals surface area contributed by atoms with Gasteiger partial charge in [-0.3, -0.25) is 0 Å². The molecular weight excluding hydrogens is 198 g/mol. The van der Waals surface area contributed by atoms with Gasteiger partial charge in [-0.1, -0.05) is 46.0 Å². The largest absolute Gasteiger partial charge is 0.381 e. The number of unbranched alkanes of at least 4 members (excludes halogenated alkanes) is 4. The molecule has 0 bridgehead atoms. The molecule has 0 aromatic heterocycles. The molecule has 1 rings (SSSR count). The molecule has 16 heavy (non-hydrogen) atoms. The standard InChI is InChI=1S/C14H29NO/c1-3-5-6-7-8-9-13-12-16-11-10-14(13)15-4-2/h13-15H,3-12H2,1-2H3. The zero-order valence-corrected chi connectivity index (χ0v) is 11.1. The minimum absolute atomic E-state index is 0.713. The van der Waals surface area contributed by atoms with Crippen LogP contribution in [0.1, 0.15) is 58.8 Å². The van der Waals surface area contributed by atoms with Crippen molar-refractivity contribution >= 4 is 0 Å². The maximum Gasteiger partial charge on any atom is 0.0509 e. The number of hydrogen-bond donors (Lipinski definition) is 1. The summed E-state index contributed by atoms with van der Waals surface area (Å²) in [6, 6.07) is 0.713. The van der Waals surface area contributed by atoms with Gasteiger partial charge >= 0.3 is 0 Å². The SMILES string of the molecule is CCCCCCCC1COCCC1NCC. The number of rotatable bonds is 8. The zero-order chi connectivity index (χ0) is 11.6. The van der Waals surface area contributed by atoms with Crippen molar-refractivity contribution in [2.75, 3.05) is 19.8 Å². The lowest BCUT2D eigenvalue weighted by Crippen LogP contribution is -2.42. The van der Waals surface area contributed by atoms with E-state index in [0.717, 1.165) is 25.7 Å². The Balaban J connectivity index is 2.11. The zero-order valence-electron chi connectivity index (χ0n) is 11.1. The van der Waals surface area contributed by atoms with Crippen LogP contribution in [0.15, 0.2) is 0 Å². The molecule has 1 N–H and O–H groups in total. The molecule has 2 unspecified atom stereocenters. The second-order valence-electron chi connectivity index (χ2n) is 4.99. The van der Waals surface area contributed by atoms with Crippen molar-refractivity contribution in [1.29, 1.82) is 0 Å². The van der Waals surface area contributed by atoms with E-state index in [1.54, 1.807) is 0 Å². The Morgan fingerprint density at radius 3 is 2.69 bits per heavy atom. The van der Waals surface area contributed by atoms with E-state index in [0.29, 0.717) is 6.04 Å². The maximum absolute atomic E-state index is 5.60. The smallest absolute Gasteiger partial charge is 0.0509 e. The quantitative estimate of drug-likeness (QED) is 0.642. The van der Waals surface area contributed by atoms with E-state index < -0.39 is 0 Å². The molecule has 96 valence electrons. The van der Waals surface area contributed by atoms with Crippen molar-refractivity contribution in [2.45, 2.75) is 64.8 Å². The van der Waals surface area contributed by atoms with Gasteiger partial charge in [-0.05, 0) is 25.3 Å². The van der Waals surface area contributed by atoms with Crippen molar-refractivity contribution in [2.24, 2.45) is 5.92 Å². The van der Waals surface area contributed by atoms with Crippen LogP contribution in [0.2, 0.25) is 0 Å². The average molecular weight is 227 g/mol. The molecule has 0 saturated carbocycles. The molecule has 0 amide bonds. The molecule has 2 nitrogen and oxygen atoms in total. The molecule has 0 aromatic carbocycles.